The molecular formula is C26H23Cl2N3O3S. The van der Waals surface area contributed by atoms with Crippen molar-refractivity contribution >= 4 is 62.6 Å². The fourth-order valence-corrected chi connectivity index (χ4v) is 5.56. The molecular weight excluding hydrogens is 505 g/mol. The van der Waals surface area contributed by atoms with Crippen LogP contribution in [0.3, 0.4) is 0 Å². The van der Waals surface area contributed by atoms with Gasteiger partial charge in [0.05, 0.1) is 27.4 Å². The van der Waals surface area contributed by atoms with Gasteiger partial charge in [0, 0.05) is 35.2 Å². The third-order valence-corrected chi connectivity index (χ3v) is 7.73. The molecule has 6 nitrogen and oxygen atoms in total. The number of nitrogens with one attached hydrogen (secondary N) is 1. The molecule has 0 saturated carbocycles. The zero-order valence-electron chi connectivity index (χ0n) is 18.9. The minimum absolute atomic E-state index is 0.220. The number of carbonyl (C=O) groups is 1. The van der Waals surface area contributed by atoms with Gasteiger partial charge in [0.25, 0.3) is 0 Å². The summed E-state index contributed by atoms with van der Waals surface area (Å²) in [6.45, 7) is 3.32. The van der Waals surface area contributed by atoms with Gasteiger partial charge in [0.1, 0.15) is 23.3 Å². The van der Waals surface area contributed by atoms with Crippen molar-refractivity contribution in [3.63, 3.8) is 0 Å². The number of ether oxygens (including phenoxy) is 1. The van der Waals surface area contributed by atoms with E-state index >= 15 is 0 Å². The molecule has 0 spiro atoms. The molecule has 1 fully saturated rings. The summed E-state index contributed by atoms with van der Waals surface area (Å²) in [6, 6.07) is 16.8. The normalized spacial score (nSPS) is 17.0. The molecule has 0 aliphatic carbocycles. The monoisotopic (exact) mass is 527 g/mol. The van der Waals surface area contributed by atoms with Crippen LogP contribution < -0.4 is 10.1 Å². The molecule has 1 saturated heterocycles. The molecule has 2 N–H and O–H groups in total. The lowest BCUT2D eigenvalue weighted by Gasteiger charge is -2.25. The first-order valence-electron chi connectivity index (χ1n) is 11.2. The van der Waals surface area contributed by atoms with Crippen LogP contribution in [0.5, 0.6) is 5.75 Å². The van der Waals surface area contributed by atoms with Crippen LogP contribution in [-0.2, 0) is 0 Å². The molecule has 0 radical (unpaired) electrons. The first-order valence-corrected chi connectivity index (χ1v) is 12.8. The van der Waals surface area contributed by atoms with Gasteiger partial charge in [-0.05, 0) is 49.1 Å². The Morgan fingerprint density at radius 1 is 1.17 bits per heavy atom. The molecule has 2 atom stereocenters. The number of carbonyl (C=O) groups excluding carboxylic acids is 1. The number of halogens is 2. The summed E-state index contributed by atoms with van der Waals surface area (Å²) in [5.74, 6) is 0.562. The fraction of sp³-hybridized carbons (Fsp3) is 0.231. The molecule has 4 aromatic rings. The molecule has 9 heteroatoms. The van der Waals surface area contributed by atoms with E-state index in [0.717, 1.165) is 52.0 Å². The average Bonchev–Trinajstić information content (AvgIpc) is 3.48. The Kier molecular flexibility index (Phi) is 6.95. The molecule has 180 valence electrons. The lowest BCUT2D eigenvalue weighted by Crippen LogP contribution is -2.36. The third-order valence-electron chi connectivity index (χ3n) is 6.14. The minimum atomic E-state index is -0.320. The number of anilines is 2. The lowest BCUT2D eigenvalue weighted by atomic mass is 10.0. The maximum Gasteiger partial charge on any atom is 0.150 e. The van der Waals surface area contributed by atoms with Crippen LogP contribution in [0, 0.1) is 0 Å². The molecule has 1 aromatic heterocycles. The van der Waals surface area contributed by atoms with Gasteiger partial charge >= 0.3 is 0 Å². The predicted molar refractivity (Wildman–Crippen MR) is 142 cm³/mol. The largest absolute Gasteiger partial charge is 0.474 e. The van der Waals surface area contributed by atoms with E-state index in [1.165, 1.54) is 11.5 Å². The highest BCUT2D eigenvalue weighted by atomic mass is 35.5. The van der Waals surface area contributed by atoms with Gasteiger partial charge in [-0.15, -0.1) is 0 Å². The molecule has 35 heavy (non-hydrogen) atoms. The maximum atomic E-state index is 11.1. The van der Waals surface area contributed by atoms with E-state index in [0.29, 0.717) is 27.9 Å². The van der Waals surface area contributed by atoms with Crippen LogP contribution in [0.4, 0.5) is 10.7 Å². The van der Waals surface area contributed by atoms with Crippen molar-refractivity contribution in [1.82, 2.24) is 9.27 Å². The summed E-state index contributed by atoms with van der Waals surface area (Å²) in [5.41, 5.74) is 3.59. The molecule has 1 aliphatic heterocycles. The number of aliphatic hydroxyl groups is 1. The standard InChI is InChI=1S/C26H23Cl2N3O3S/c1-15(31-11-10-17(33)13-31)34-23-7-3-5-19(25(23)28)18-4-2-6-21(24(18)27)29-26-20-9-8-16(14-32)12-22(20)30-35-26/h2-9,12,14-15,17,29,33H,10-11,13H2,1H3. The highest BCUT2D eigenvalue weighted by Gasteiger charge is 2.26. The SMILES string of the molecule is CC(Oc1cccc(-c2cccc(Nc3snc4cc(C=O)ccc34)c2Cl)c1Cl)N1CCC(O)C1. The Bertz CT molecular complexity index is 1390. The highest BCUT2D eigenvalue weighted by molar-refractivity contribution is 7.12. The van der Waals surface area contributed by atoms with Crippen molar-refractivity contribution < 1.29 is 14.6 Å². The minimum Gasteiger partial charge on any atom is -0.474 e. The van der Waals surface area contributed by atoms with E-state index in [1.807, 2.05) is 49.4 Å². The number of β-amino-alcohol motifs (C(OH)–C–C–N with tert-alkyl or cyclic N) is 1. The second kappa shape index (κ2) is 10.1. The van der Waals surface area contributed by atoms with Gasteiger partial charge in [0.15, 0.2) is 0 Å². The molecule has 3 aromatic carbocycles. The van der Waals surface area contributed by atoms with Crippen LogP contribution in [-0.4, -0.2) is 46.1 Å². The zero-order chi connectivity index (χ0) is 24.5. The number of rotatable bonds is 7. The highest BCUT2D eigenvalue weighted by Crippen LogP contribution is 2.42. The predicted octanol–water partition coefficient (Wildman–Crippen LogP) is 6.62. The zero-order valence-corrected chi connectivity index (χ0v) is 21.2. The van der Waals surface area contributed by atoms with Gasteiger partial charge in [-0.3, -0.25) is 9.69 Å². The van der Waals surface area contributed by atoms with E-state index < -0.39 is 0 Å². The van der Waals surface area contributed by atoms with Crippen molar-refractivity contribution in [3.05, 3.63) is 70.2 Å². The average molecular weight is 528 g/mol. The molecule has 5 rings (SSSR count). The van der Waals surface area contributed by atoms with Gasteiger partial charge in [-0.1, -0.05) is 53.5 Å². The van der Waals surface area contributed by atoms with Gasteiger partial charge in [-0.25, -0.2) is 0 Å². The van der Waals surface area contributed by atoms with Crippen molar-refractivity contribution in [2.75, 3.05) is 18.4 Å². The van der Waals surface area contributed by atoms with Crippen LogP contribution in [0.15, 0.2) is 54.6 Å². The Morgan fingerprint density at radius 2 is 1.94 bits per heavy atom. The number of hydrogen-bond acceptors (Lipinski definition) is 7. The van der Waals surface area contributed by atoms with Crippen molar-refractivity contribution in [2.24, 2.45) is 0 Å². The Labute approximate surface area is 217 Å². The summed E-state index contributed by atoms with van der Waals surface area (Å²) < 4.78 is 10.6. The van der Waals surface area contributed by atoms with E-state index in [2.05, 4.69) is 14.6 Å². The van der Waals surface area contributed by atoms with Crippen molar-refractivity contribution in [1.29, 1.82) is 0 Å². The van der Waals surface area contributed by atoms with Crippen LogP contribution in [0.1, 0.15) is 23.7 Å². The number of likely N-dealkylation sites (tertiary alicyclic amines) is 1. The number of aldehydes is 1. The van der Waals surface area contributed by atoms with E-state index in [4.69, 9.17) is 27.9 Å². The number of aromatic nitrogens is 1. The summed E-state index contributed by atoms with van der Waals surface area (Å²) in [5, 5.41) is 16.0. The summed E-state index contributed by atoms with van der Waals surface area (Å²) >= 11 is 14.9. The van der Waals surface area contributed by atoms with Crippen molar-refractivity contribution in [3.8, 4) is 16.9 Å². The first-order chi connectivity index (χ1) is 16.9. The molecule has 0 amide bonds. The van der Waals surface area contributed by atoms with E-state index in [-0.39, 0.29) is 12.3 Å². The smallest absolute Gasteiger partial charge is 0.150 e. The van der Waals surface area contributed by atoms with E-state index in [1.54, 1.807) is 12.1 Å². The molecule has 1 aliphatic rings. The molecule has 0 bridgehead atoms. The Morgan fingerprint density at radius 3 is 2.69 bits per heavy atom. The van der Waals surface area contributed by atoms with Gasteiger partial charge in [-0.2, -0.15) is 4.37 Å². The number of fused-ring (bicyclic) bond motifs is 1. The maximum absolute atomic E-state index is 11.1. The molecule has 2 unspecified atom stereocenters. The Hall–Kier alpha value is -2.68. The molecule has 2 heterocycles. The second-order valence-electron chi connectivity index (χ2n) is 8.47. The number of hydrogen-bond donors (Lipinski definition) is 2. The van der Waals surface area contributed by atoms with Crippen molar-refractivity contribution in [2.45, 2.75) is 25.7 Å². The van der Waals surface area contributed by atoms with Crippen LogP contribution >= 0.6 is 34.7 Å². The van der Waals surface area contributed by atoms with Gasteiger partial charge < -0.3 is 15.2 Å². The topological polar surface area (TPSA) is 74.7 Å². The van der Waals surface area contributed by atoms with Crippen LogP contribution in [0.2, 0.25) is 10.0 Å². The summed E-state index contributed by atoms with van der Waals surface area (Å²) in [6.07, 6.45) is 1.01. The lowest BCUT2D eigenvalue weighted by molar-refractivity contribution is 0.0475. The quantitative estimate of drug-likeness (QED) is 0.263. The summed E-state index contributed by atoms with van der Waals surface area (Å²) in [4.78, 5) is 13.2. The number of nitrogens with zero attached hydrogens (tertiary/aromatic N) is 2. The van der Waals surface area contributed by atoms with Crippen LogP contribution in [0.25, 0.3) is 22.0 Å². The number of benzene rings is 3. The van der Waals surface area contributed by atoms with Gasteiger partial charge in [0.2, 0.25) is 0 Å². The van der Waals surface area contributed by atoms with E-state index in [9.17, 15) is 9.90 Å². The second-order valence-corrected chi connectivity index (χ2v) is 10.00. The fourth-order valence-electron chi connectivity index (χ4n) is 4.25. The number of aliphatic hydroxyl groups excluding tert-OH is 1. The summed E-state index contributed by atoms with van der Waals surface area (Å²) in [7, 11) is 0. The Balaban J connectivity index is 1.43. The first kappa shape index (κ1) is 24.0. The third kappa shape index (κ3) is 4.87.